The standard InChI is InChI=1S/C18H18F2N4/c1-24-12-14(18(23-24)13-4-3-8-21-10-13)11-22-9-7-15-16(19)5-2-6-17(15)20/h2-6,8,10,12,22H,7,9,11H2,1H3. The van der Waals surface area contributed by atoms with Crippen molar-refractivity contribution < 1.29 is 8.78 Å². The second kappa shape index (κ2) is 7.31. The number of aromatic nitrogens is 3. The number of hydrogen-bond acceptors (Lipinski definition) is 3. The van der Waals surface area contributed by atoms with E-state index in [9.17, 15) is 8.78 Å². The summed E-state index contributed by atoms with van der Waals surface area (Å²) in [6.45, 7) is 1.04. The Hall–Kier alpha value is -2.60. The van der Waals surface area contributed by atoms with Crippen molar-refractivity contribution in [2.24, 2.45) is 7.05 Å². The second-order valence-electron chi connectivity index (χ2n) is 5.55. The van der Waals surface area contributed by atoms with Gasteiger partial charge in [0.1, 0.15) is 11.6 Å². The van der Waals surface area contributed by atoms with Crippen LogP contribution >= 0.6 is 0 Å². The lowest BCUT2D eigenvalue weighted by atomic mass is 10.1. The molecular formula is C18H18F2N4. The molecule has 3 rings (SSSR count). The highest BCUT2D eigenvalue weighted by molar-refractivity contribution is 5.61. The molecule has 3 aromatic rings. The van der Waals surface area contributed by atoms with Crippen LogP contribution in [0.1, 0.15) is 11.1 Å². The average molecular weight is 328 g/mol. The zero-order valence-electron chi connectivity index (χ0n) is 13.3. The minimum atomic E-state index is -0.505. The molecule has 0 spiro atoms. The molecule has 0 aliphatic carbocycles. The molecule has 2 aromatic heterocycles. The van der Waals surface area contributed by atoms with Crippen LogP contribution in [0.4, 0.5) is 8.78 Å². The van der Waals surface area contributed by atoms with E-state index in [0.29, 0.717) is 19.5 Å². The summed E-state index contributed by atoms with van der Waals surface area (Å²) in [7, 11) is 1.86. The highest BCUT2D eigenvalue weighted by Crippen LogP contribution is 2.20. The average Bonchev–Trinajstić information content (AvgIpc) is 2.95. The fourth-order valence-corrected chi connectivity index (χ4v) is 2.62. The van der Waals surface area contributed by atoms with E-state index in [2.05, 4.69) is 15.4 Å². The second-order valence-corrected chi connectivity index (χ2v) is 5.55. The minimum absolute atomic E-state index is 0.115. The van der Waals surface area contributed by atoms with Gasteiger partial charge in [-0.15, -0.1) is 0 Å². The van der Waals surface area contributed by atoms with Crippen LogP contribution in [0.2, 0.25) is 0 Å². The lowest BCUT2D eigenvalue weighted by Crippen LogP contribution is -2.18. The van der Waals surface area contributed by atoms with Crippen molar-refractivity contribution in [1.29, 1.82) is 0 Å². The smallest absolute Gasteiger partial charge is 0.129 e. The molecule has 2 heterocycles. The largest absolute Gasteiger partial charge is 0.312 e. The summed E-state index contributed by atoms with van der Waals surface area (Å²) in [5.41, 5.74) is 2.92. The van der Waals surface area contributed by atoms with Crippen molar-refractivity contribution in [1.82, 2.24) is 20.1 Å². The maximum absolute atomic E-state index is 13.6. The van der Waals surface area contributed by atoms with Crippen molar-refractivity contribution in [3.05, 3.63) is 71.7 Å². The van der Waals surface area contributed by atoms with Crippen LogP contribution in [-0.4, -0.2) is 21.3 Å². The lowest BCUT2D eigenvalue weighted by molar-refractivity contribution is 0.546. The zero-order chi connectivity index (χ0) is 16.9. The fourth-order valence-electron chi connectivity index (χ4n) is 2.62. The maximum atomic E-state index is 13.6. The van der Waals surface area contributed by atoms with Gasteiger partial charge < -0.3 is 5.32 Å². The number of halogens is 2. The van der Waals surface area contributed by atoms with Gasteiger partial charge in [-0.1, -0.05) is 6.07 Å². The number of benzene rings is 1. The fraction of sp³-hybridized carbons (Fsp3) is 0.222. The predicted molar refractivity (Wildman–Crippen MR) is 88.2 cm³/mol. The first-order valence-electron chi connectivity index (χ1n) is 7.71. The van der Waals surface area contributed by atoms with E-state index >= 15 is 0 Å². The van der Waals surface area contributed by atoms with Crippen LogP contribution in [0.25, 0.3) is 11.3 Å². The molecule has 0 saturated heterocycles. The van der Waals surface area contributed by atoms with Gasteiger partial charge >= 0.3 is 0 Å². The van der Waals surface area contributed by atoms with Crippen LogP contribution in [0.3, 0.4) is 0 Å². The topological polar surface area (TPSA) is 42.7 Å². The Morgan fingerprint density at radius 2 is 1.92 bits per heavy atom. The molecular weight excluding hydrogens is 310 g/mol. The van der Waals surface area contributed by atoms with Crippen molar-refractivity contribution in [2.45, 2.75) is 13.0 Å². The Bertz CT molecular complexity index is 795. The number of hydrogen-bond donors (Lipinski definition) is 1. The number of rotatable bonds is 6. The van der Waals surface area contributed by atoms with Gasteiger partial charge in [0.25, 0.3) is 0 Å². The SMILES string of the molecule is Cn1cc(CNCCc2c(F)cccc2F)c(-c2cccnc2)n1. The quantitative estimate of drug-likeness (QED) is 0.707. The minimum Gasteiger partial charge on any atom is -0.312 e. The third-order valence-corrected chi connectivity index (χ3v) is 3.77. The molecule has 0 aliphatic rings. The van der Waals surface area contributed by atoms with E-state index in [-0.39, 0.29) is 5.56 Å². The molecule has 4 nitrogen and oxygen atoms in total. The Labute approximate surface area is 139 Å². The van der Waals surface area contributed by atoms with Gasteiger partial charge in [-0.25, -0.2) is 8.78 Å². The first kappa shape index (κ1) is 16.3. The summed E-state index contributed by atoms with van der Waals surface area (Å²) in [6.07, 6.45) is 5.70. The Kier molecular flexibility index (Phi) is 4.96. The molecule has 0 amide bonds. The Morgan fingerprint density at radius 1 is 1.12 bits per heavy atom. The molecule has 0 unspecified atom stereocenters. The first-order valence-corrected chi connectivity index (χ1v) is 7.71. The van der Waals surface area contributed by atoms with Gasteiger partial charge in [0.2, 0.25) is 0 Å². The molecule has 0 saturated carbocycles. The number of pyridine rings is 1. The first-order chi connectivity index (χ1) is 11.6. The summed E-state index contributed by atoms with van der Waals surface area (Å²) in [4.78, 5) is 4.11. The third-order valence-electron chi connectivity index (χ3n) is 3.77. The van der Waals surface area contributed by atoms with Crippen molar-refractivity contribution in [2.75, 3.05) is 6.54 Å². The van der Waals surface area contributed by atoms with Crippen LogP contribution in [0, 0.1) is 11.6 Å². The summed E-state index contributed by atoms with van der Waals surface area (Å²) in [5, 5.41) is 7.68. The van der Waals surface area contributed by atoms with E-state index in [1.54, 1.807) is 17.1 Å². The van der Waals surface area contributed by atoms with Gasteiger partial charge in [0, 0.05) is 48.9 Å². The third kappa shape index (κ3) is 3.65. The van der Waals surface area contributed by atoms with Crippen LogP contribution in [0.5, 0.6) is 0 Å². The van der Waals surface area contributed by atoms with Gasteiger partial charge in [0.15, 0.2) is 0 Å². The molecule has 0 bridgehead atoms. The molecule has 1 aromatic carbocycles. The number of aryl methyl sites for hydroxylation is 1. The molecule has 1 N–H and O–H groups in total. The van der Waals surface area contributed by atoms with Gasteiger partial charge in [0.05, 0.1) is 5.69 Å². The van der Waals surface area contributed by atoms with E-state index in [1.807, 2.05) is 25.4 Å². The van der Waals surface area contributed by atoms with Crippen molar-refractivity contribution >= 4 is 0 Å². The number of nitrogens with zero attached hydrogens (tertiary/aromatic N) is 3. The molecule has 6 heteroatoms. The Morgan fingerprint density at radius 3 is 2.62 bits per heavy atom. The van der Waals surface area contributed by atoms with E-state index in [1.165, 1.54) is 18.2 Å². The summed E-state index contributed by atoms with van der Waals surface area (Å²) >= 11 is 0. The summed E-state index contributed by atoms with van der Waals surface area (Å²) < 4.78 is 28.9. The van der Waals surface area contributed by atoms with Crippen molar-refractivity contribution in [3.63, 3.8) is 0 Å². The zero-order valence-corrected chi connectivity index (χ0v) is 13.3. The summed E-state index contributed by atoms with van der Waals surface area (Å²) in [6, 6.07) is 7.74. The number of nitrogens with one attached hydrogen (secondary N) is 1. The highest BCUT2D eigenvalue weighted by Gasteiger charge is 2.11. The molecule has 0 fully saturated rings. The van der Waals surface area contributed by atoms with E-state index < -0.39 is 11.6 Å². The maximum Gasteiger partial charge on any atom is 0.129 e. The molecule has 124 valence electrons. The molecule has 0 aliphatic heterocycles. The summed E-state index contributed by atoms with van der Waals surface area (Å²) in [5.74, 6) is -1.01. The van der Waals surface area contributed by atoms with Gasteiger partial charge in [-0.3, -0.25) is 9.67 Å². The van der Waals surface area contributed by atoms with Crippen LogP contribution in [-0.2, 0) is 20.0 Å². The monoisotopic (exact) mass is 328 g/mol. The van der Waals surface area contributed by atoms with E-state index in [0.717, 1.165) is 16.8 Å². The van der Waals surface area contributed by atoms with Crippen LogP contribution in [0.15, 0.2) is 48.9 Å². The normalized spacial score (nSPS) is 11.0. The van der Waals surface area contributed by atoms with Gasteiger partial charge in [-0.05, 0) is 37.2 Å². The Balaban J connectivity index is 1.64. The van der Waals surface area contributed by atoms with E-state index in [4.69, 9.17) is 0 Å². The molecule has 0 radical (unpaired) electrons. The van der Waals surface area contributed by atoms with Crippen molar-refractivity contribution in [3.8, 4) is 11.3 Å². The molecule has 24 heavy (non-hydrogen) atoms. The highest BCUT2D eigenvalue weighted by atomic mass is 19.1. The van der Waals surface area contributed by atoms with Gasteiger partial charge in [-0.2, -0.15) is 5.10 Å². The predicted octanol–water partition coefficient (Wildman–Crippen LogP) is 3.09. The molecule has 0 atom stereocenters. The van der Waals surface area contributed by atoms with Crippen LogP contribution < -0.4 is 5.32 Å². The lowest BCUT2D eigenvalue weighted by Gasteiger charge is -2.07.